The van der Waals surface area contributed by atoms with Gasteiger partial charge in [0.2, 0.25) is 0 Å². The summed E-state index contributed by atoms with van der Waals surface area (Å²) >= 11 is 1.74. The van der Waals surface area contributed by atoms with Gasteiger partial charge in [-0.1, -0.05) is 13.8 Å². The Morgan fingerprint density at radius 1 is 1.25 bits per heavy atom. The molecule has 0 bridgehead atoms. The van der Waals surface area contributed by atoms with Crippen molar-refractivity contribution in [2.75, 3.05) is 7.11 Å². The first-order valence-electron chi connectivity index (χ1n) is 5.16. The van der Waals surface area contributed by atoms with Crippen molar-refractivity contribution >= 4 is 22.7 Å². The maximum absolute atomic E-state index is 5.22. The molecule has 1 heterocycles. The molecule has 0 aliphatic rings. The molecular formula is C12H14N2OS. The number of nitrogens with zero attached hydrogens (tertiary/aromatic N) is 2. The summed E-state index contributed by atoms with van der Waals surface area (Å²) in [5.74, 6) is 0.841. The van der Waals surface area contributed by atoms with Gasteiger partial charge in [-0.25, -0.2) is 9.97 Å². The van der Waals surface area contributed by atoms with Crippen LogP contribution in [0.3, 0.4) is 0 Å². The molecule has 0 unspecified atom stereocenters. The summed E-state index contributed by atoms with van der Waals surface area (Å²) in [5, 5.41) is 2.57. The quantitative estimate of drug-likeness (QED) is 0.603. The third-order valence-electron chi connectivity index (χ3n) is 2.15. The van der Waals surface area contributed by atoms with Crippen molar-refractivity contribution in [1.82, 2.24) is 9.97 Å². The smallest absolute Gasteiger partial charge is 0.119 e. The van der Waals surface area contributed by atoms with Crippen LogP contribution in [-0.2, 0) is 0 Å². The molecule has 2 rings (SSSR count). The fraction of sp³-hybridized carbons (Fsp3) is 0.333. The van der Waals surface area contributed by atoms with Gasteiger partial charge in [-0.15, -0.1) is 11.8 Å². The number of hydrogen-bond acceptors (Lipinski definition) is 4. The molecule has 3 nitrogen and oxygen atoms in total. The number of hydrogen-bond donors (Lipinski definition) is 0. The van der Waals surface area contributed by atoms with E-state index in [0.717, 1.165) is 21.7 Å². The summed E-state index contributed by atoms with van der Waals surface area (Å²) in [7, 11) is 1.67. The molecule has 0 aliphatic heterocycles. The molecule has 2 aromatic rings. The van der Waals surface area contributed by atoms with E-state index in [-0.39, 0.29) is 0 Å². The van der Waals surface area contributed by atoms with E-state index >= 15 is 0 Å². The molecule has 1 aromatic heterocycles. The van der Waals surface area contributed by atoms with Crippen LogP contribution in [-0.4, -0.2) is 22.3 Å². The third kappa shape index (κ3) is 2.27. The van der Waals surface area contributed by atoms with Crippen LogP contribution in [0.1, 0.15) is 13.8 Å². The lowest BCUT2D eigenvalue weighted by atomic mass is 10.2. The second kappa shape index (κ2) is 4.70. The van der Waals surface area contributed by atoms with Gasteiger partial charge in [0.25, 0.3) is 0 Å². The Bertz CT molecular complexity index is 499. The maximum atomic E-state index is 5.22. The van der Waals surface area contributed by atoms with Gasteiger partial charge in [0.15, 0.2) is 0 Å². The number of ether oxygens (including phenoxy) is 1. The van der Waals surface area contributed by atoms with E-state index < -0.39 is 0 Å². The van der Waals surface area contributed by atoms with Crippen molar-refractivity contribution in [3.05, 3.63) is 24.5 Å². The first kappa shape index (κ1) is 11.2. The largest absolute Gasteiger partial charge is 0.497 e. The highest BCUT2D eigenvalue weighted by Gasteiger charge is 2.07. The number of rotatable bonds is 3. The summed E-state index contributed by atoms with van der Waals surface area (Å²) < 4.78 is 5.22. The van der Waals surface area contributed by atoms with Gasteiger partial charge in [0, 0.05) is 10.6 Å². The number of fused-ring (bicyclic) bond motifs is 1. The topological polar surface area (TPSA) is 35.0 Å². The Hall–Kier alpha value is -1.29. The van der Waals surface area contributed by atoms with Crippen LogP contribution in [0, 0.1) is 0 Å². The first-order chi connectivity index (χ1) is 7.70. The molecule has 0 aliphatic carbocycles. The summed E-state index contributed by atoms with van der Waals surface area (Å²) in [6.45, 7) is 4.30. The van der Waals surface area contributed by atoms with Crippen LogP contribution in [0.15, 0.2) is 29.6 Å². The van der Waals surface area contributed by atoms with E-state index in [1.165, 1.54) is 0 Å². The second-order valence-electron chi connectivity index (χ2n) is 3.73. The maximum Gasteiger partial charge on any atom is 0.119 e. The first-order valence-corrected chi connectivity index (χ1v) is 6.04. The Morgan fingerprint density at radius 3 is 2.75 bits per heavy atom. The molecule has 0 fully saturated rings. The molecular weight excluding hydrogens is 220 g/mol. The Morgan fingerprint density at radius 2 is 2.06 bits per heavy atom. The van der Waals surface area contributed by atoms with E-state index in [1.807, 2.05) is 18.2 Å². The highest BCUT2D eigenvalue weighted by Crippen LogP contribution is 2.29. The van der Waals surface area contributed by atoms with Crippen molar-refractivity contribution in [2.24, 2.45) is 0 Å². The Kier molecular flexibility index (Phi) is 3.29. The van der Waals surface area contributed by atoms with Gasteiger partial charge in [-0.3, -0.25) is 0 Å². The van der Waals surface area contributed by atoms with Crippen molar-refractivity contribution in [3.63, 3.8) is 0 Å². The van der Waals surface area contributed by atoms with Gasteiger partial charge in [-0.05, 0) is 18.2 Å². The minimum atomic E-state index is 0.504. The Balaban J connectivity index is 2.55. The van der Waals surface area contributed by atoms with Crippen molar-refractivity contribution in [1.29, 1.82) is 0 Å². The van der Waals surface area contributed by atoms with Crippen LogP contribution in [0.2, 0.25) is 0 Å². The molecule has 0 saturated carbocycles. The van der Waals surface area contributed by atoms with Gasteiger partial charge in [-0.2, -0.15) is 0 Å². The van der Waals surface area contributed by atoms with E-state index in [2.05, 4.69) is 23.8 Å². The van der Waals surface area contributed by atoms with Gasteiger partial charge >= 0.3 is 0 Å². The van der Waals surface area contributed by atoms with Crippen LogP contribution in [0.25, 0.3) is 10.9 Å². The molecule has 0 atom stereocenters. The molecule has 0 saturated heterocycles. The lowest BCUT2D eigenvalue weighted by Crippen LogP contribution is -1.92. The predicted octanol–water partition coefficient (Wildman–Crippen LogP) is 3.14. The van der Waals surface area contributed by atoms with E-state index in [9.17, 15) is 0 Å². The number of benzene rings is 1. The number of aromatic nitrogens is 2. The fourth-order valence-electron chi connectivity index (χ4n) is 1.46. The molecule has 0 amide bonds. The van der Waals surface area contributed by atoms with Crippen LogP contribution in [0.5, 0.6) is 5.75 Å². The zero-order chi connectivity index (χ0) is 11.5. The molecule has 0 N–H and O–H groups in total. The predicted molar refractivity (Wildman–Crippen MR) is 67.1 cm³/mol. The van der Waals surface area contributed by atoms with Crippen LogP contribution >= 0.6 is 11.8 Å². The minimum absolute atomic E-state index is 0.504. The summed E-state index contributed by atoms with van der Waals surface area (Å²) in [6, 6.07) is 5.86. The molecule has 1 aromatic carbocycles. The second-order valence-corrected chi connectivity index (χ2v) is 5.29. The van der Waals surface area contributed by atoms with E-state index in [0.29, 0.717) is 5.25 Å². The fourth-order valence-corrected chi connectivity index (χ4v) is 2.30. The van der Waals surface area contributed by atoms with E-state index in [4.69, 9.17) is 4.74 Å². The molecule has 84 valence electrons. The lowest BCUT2D eigenvalue weighted by molar-refractivity contribution is 0.415. The van der Waals surface area contributed by atoms with Crippen molar-refractivity contribution < 1.29 is 4.74 Å². The van der Waals surface area contributed by atoms with Crippen LogP contribution in [0.4, 0.5) is 0 Å². The van der Waals surface area contributed by atoms with E-state index in [1.54, 1.807) is 25.2 Å². The lowest BCUT2D eigenvalue weighted by Gasteiger charge is -2.08. The minimum Gasteiger partial charge on any atom is -0.497 e. The number of thioether (sulfide) groups is 1. The average molecular weight is 234 g/mol. The van der Waals surface area contributed by atoms with Crippen LogP contribution < -0.4 is 4.74 Å². The normalized spacial score (nSPS) is 11.0. The molecule has 0 radical (unpaired) electrons. The number of methoxy groups -OCH3 is 1. The average Bonchev–Trinajstić information content (AvgIpc) is 2.28. The van der Waals surface area contributed by atoms with Crippen molar-refractivity contribution in [3.8, 4) is 5.75 Å². The van der Waals surface area contributed by atoms with Gasteiger partial charge in [0.05, 0.1) is 12.6 Å². The molecule has 16 heavy (non-hydrogen) atoms. The zero-order valence-electron chi connectivity index (χ0n) is 9.60. The highest BCUT2D eigenvalue weighted by atomic mass is 32.2. The summed E-state index contributed by atoms with van der Waals surface area (Å²) in [5.41, 5.74) is 0.957. The van der Waals surface area contributed by atoms with Crippen molar-refractivity contribution in [2.45, 2.75) is 24.1 Å². The van der Waals surface area contributed by atoms with Gasteiger partial charge < -0.3 is 4.74 Å². The van der Waals surface area contributed by atoms with Gasteiger partial charge in [0.1, 0.15) is 17.1 Å². The monoisotopic (exact) mass is 234 g/mol. The summed E-state index contributed by atoms with van der Waals surface area (Å²) in [4.78, 5) is 8.56. The SMILES string of the molecule is COc1ccc2ncnc(SC(C)C)c2c1. The molecule has 0 spiro atoms. The zero-order valence-corrected chi connectivity index (χ0v) is 10.4. The standard InChI is InChI=1S/C12H14N2OS/c1-8(2)16-12-10-6-9(15-3)4-5-11(10)13-7-14-12/h4-8H,1-3H3. The summed E-state index contributed by atoms with van der Waals surface area (Å²) in [6.07, 6.45) is 1.61. The highest BCUT2D eigenvalue weighted by molar-refractivity contribution is 8.00. The third-order valence-corrected chi connectivity index (χ3v) is 3.17. The molecule has 4 heteroatoms. The Labute approximate surface area is 99.2 Å².